The largest absolute Gasteiger partial charge is 0.448 e. The average molecular weight is 578 g/mol. The molecule has 1 rings (SSSR count). The molecular weight excluding hydrogens is 534 g/mol. The van der Waals surface area contributed by atoms with Gasteiger partial charge in [0.05, 0.1) is 52.7 Å². The number of nitrogens with zero attached hydrogens (tertiary/aromatic N) is 3. The van der Waals surface area contributed by atoms with Crippen molar-refractivity contribution in [3.05, 3.63) is 31.5 Å². The van der Waals surface area contributed by atoms with Crippen molar-refractivity contribution in [3.63, 3.8) is 0 Å². The van der Waals surface area contributed by atoms with E-state index in [9.17, 15) is 24.0 Å². The number of alkyl carbamates (subject to hydrolysis) is 2. The highest BCUT2D eigenvalue weighted by Gasteiger charge is 2.17. The van der Waals surface area contributed by atoms with Gasteiger partial charge in [0.1, 0.15) is 13.2 Å². The molecule has 1 atom stereocenters. The van der Waals surface area contributed by atoms with Crippen LogP contribution in [0.2, 0.25) is 0 Å². The minimum absolute atomic E-state index is 0.0899. The van der Waals surface area contributed by atoms with Gasteiger partial charge in [-0.15, -0.1) is 0 Å². The molecule has 0 radical (unpaired) electrons. The van der Waals surface area contributed by atoms with Crippen LogP contribution >= 0.6 is 0 Å². The zero-order chi connectivity index (χ0) is 29.8. The van der Waals surface area contributed by atoms with E-state index in [4.69, 9.17) is 29.2 Å². The number of aliphatic hydroxyl groups excluding tert-OH is 2. The summed E-state index contributed by atoms with van der Waals surface area (Å²) < 4.78 is 22.7. The lowest BCUT2D eigenvalue weighted by Gasteiger charge is -2.15. The molecule has 0 aromatic carbocycles. The highest BCUT2D eigenvalue weighted by Crippen LogP contribution is 2.09. The Balaban J connectivity index is 2.89. The van der Waals surface area contributed by atoms with Crippen molar-refractivity contribution in [2.75, 3.05) is 65.9 Å². The van der Waals surface area contributed by atoms with Gasteiger partial charge in [0.15, 0.2) is 0 Å². The Morgan fingerprint density at radius 3 is 1.55 bits per heavy atom. The molecule has 0 fully saturated rings. The summed E-state index contributed by atoms with van der Waals surface area (Å²) in [5, 5.41) is 22.2. The lowest BCUT2D eigenvalue weighted by atomic mass is 10.0. The molecule has 16 nitrogen and oxygen atoms in total. The number of ether oxygens (including phenoxy) is 4. The van der Waals surface area contributed by atoms with Gasteiger partial charge in [-0.3, -0.25) is 0 Å². The topological polar surface area (TPSA) is 202 Å². The first kappa shape index (κ1) is 34.8. The van der Waals surface area contributed by atoms with Gasteiger partial charge in [-0.2, -0.15) is 0 Å². The second-order valence-electron chi connectivity index (χ2n) is 8.76. The number of hydrogen-bond donors (Lipinski definition) is 4. The van der Waals surface area contributed by atoms with Crippen molar-refractivity contribution in [1.82, 2.24) is 24.3 Å². The Morgan fingerprint density at radius 1 is 0.725 bits per heavy atom. The smallest absolute Gasteiger partial charge is 0.407 e. The Bertz CT molecular complexity index is 983. The Kier molecular flexibility index (Phi) is 18.0. The van der Waals surface area contributed by atoms with Gasteiger partial charge in [-0.25, -0.2) is 37.7 Å². The SMILES string of the molecule is CCC(C)CCCn1c(=O)n(CCOC(=O)NCCOCCO)c(=O)n(CCOC(=O)NCCOCCO)c1=O. The van der Waals surface area contributed by atoms with Crippen molar-refractivity contribution >= 4 is 12.2 Å². The van der Waals surface area contributed by atoms with E-state index in [1.54, 1.807) is 0 Å². The fourth-order valence-electron chi connectivity index (χ4n) is 3.40. The summed E-state index contributed by atoms with van der Waals surface area (Å²) in [4.78, 5) is 62.8. The zero-order valence-electron chi connectivity index (χ0n) is 23.3. The molecule has 0 bridgehead atoms. The Labute approximate surface area is 231 Å². The maximum Gasteiger partial charge on any atom is 0.407 e. The van der Waals surface area contributed by atoms with Gasteiger partial charge in [0.2, 0.25) is 0 Å². The Hall–Kier alpha value is -3.21. The molecule has 16 heteroatoms. The number of aromatic nitrogens is 3. The van der Waals surface area contributed by atoms with Gasteiger partial charge in [-0.1, -0.05) is 20.3 Å². The normalized spacial score (nSPS) is 11.7. The third-order valence-corrected chi connectivity index (χ3v) is 5.76. The Morgan fingerprint density at radius 2 is 1.15 bits per heavy atom. The molecular formula is C24H43N5O11. The molecule has 40 heavy (non-hydrogen) atoms. The summed E-state index contributed by atoms with van der Waals surface area (Å²) in [5.74, 6) is 0.394. The molecule has 2 amide bonds. The van der Waals surface area contributed by atoms with E-state index >= 15 is 0 Å². The van der Waals surface area contributed by atoms with Crippen molar-refractivity contribution in [1.29, 1.82) is 0 Å². The molecule has 0 spiro atoms. The molecule has 1 heterocycles. The van der Waals surface area contributed by atoms with E-state index in [1.807, 2.05) is 6.92 Å². The van der Waals surface area contributed by atoms with Gasteiger partial charge in [0, 0.05) is 19.6 Å². The van der Waals surface area contributed by atoms with Gasteiger partial charge < -0.3 is 39.8 Å². The molecule has 0 aliphatic heterocycles. The third kappa shape index (κ3) is 13.2. The van der Waals surface area contributed by atoms with Crippen molar-refractivity contribution < 1.29 is 38.7 Å². The van der Waals surface area contributed by atoms with Crippen LogP contribution in [0.5, 0.6) is 0 Å². The number of rotatable bonds is 21. The molecule has 0 aliphatic rings. The highest BCUT2D eigenvalue weighted by molar-refractivity contribution is 5.67. The van der Waals surface area contributed by atoms with Crippen LogP contribution in [-0.4, -0.2) is 102 Å². The number of carbonyl (C=O) groups excluding carboxylic acids is 2. The van der Waals surface area contributed by atoms with Crippen LogP contribution in [0.25, 0.3) is 0 Å². The molecule has 0 saturated heterocycles. The average Bonchev–Trinajstić information content (AvgIpc) is 2.93. The third-order valence-electron chi connectivity index (χ3n) is 5.76. The standard InChI is InChI=1S/C24H43N5O11/c1-3-19(2)5-4-8-27-22(34)28(9-15-39-20(32)25-6-13-37-17-11-30)24(36)29(23(27)35)10-16-40-21(33)26-7-14-38-18-12-31/h19,30-31H,3-18H2,1-2H3,(H,25,32)(H,26,33). The van der Waals surface area contributed by atoms with Crippen LogP contribution in [-0.2, 0) is 38.6 Å². The van der Waals surface area contributed by atoms with Crippen LogP contribution in [0.1, 0.15) is 33.1 Å². The van der Waals surface area contributed by atoms with Crippen LogP contribution < -0.4 is 27.7 Å². The summed E-state index contributed by atoms with van der Waals surface area (Å²) in [7, 11) is 0. The van der Waals surface area contributed by atoms with E-state index in [1.165, 1.54) is 0 Å². The molecule has 0 aliphatic carbocycles. The molecule has 1 aromatic heterocycles. The first-order chi connectivity index (χ1) is 19.3. The fraction of sp³-hybridized carbons (Fsp3) is 0.792. The predicted octanol–water partition coefficient (Wildman–Crippen LogP) is -1.53. The summed E-state index contributed by atoms with van der Waals surface area (Å²) in [6, 6.07) is 0. The fourth-order valence-corrected chi connectivity index (χ4v) is 3.40. The summed E-state index contributed by atoms with van der Waals surface area (Å²) in [6.45, 7) is 3.54. The van der Waals surface area contributed by atoms with Crippen LogP contribution in [0.3, 0.4) is 0 Å². The van der Waals surface area contributed by atoms with Crippen LogP contribution in [0.15, 0.2) is 14.4 Å². The van der Waals surface area contributed by atoms with Crippen molar-refractivity contribution in [3.8, 4) is 0 Å². The quantitative estimate of drug-likeness (QED) is 0.123. The van der Waals surface area contributed by atoms with E-state index in [0.29, 0.717) is 12.3 Å². The van der Waals surface area contributed by atoms with Gasteiger partial charge in [-0.05, 0) is 18.8 Å². The summed E-state index contributed by atoms with van der Waals surface area (Å²) in [5.41, 5.74) is -2.56. The number of carbonyl (C=O) groups is 2. The summed E-state index contributed by atoms with van der Waals surface area (Å²) in [6.07, 6.45) is 0.682. The van der Waals surface area contributed by atoms with Gasteiger partial charge in [0.25, 0.3) is 0 Å². The number of amides is 2. The predicted molar refractivity (Wildman–Crippen MR) is 142 cm³/mol. The first-order valence-electron chi connectivity index (χ1n) is 13.4. The van der Waals surface area contributed by atoms with Crippen molar-refractivity contribution in [2.24, 2.45) is 5.92 Å². The second kappa shape index (κ2) is 20.7. The highest BCUT2D eigenvalue weighted by atomic mass is 16.6. The van der Waals surface area contributed by atoms with E-state index in [0.717, 1.165) is 26.5 Å². The molecule has 4 N–H and O–H groups in total. The monoisotopic (exact) mass is 577 g/mol. The number of aliphatic hydroxyl groups is 2. The van der Waals surface area contributed by atoms with Crippen molar-refractivity contribution in [2.45, 2.75) is 52.7 Å². The van der Waals surface area contributed by atoms with E-state index in [2.05, 4.69) is 17.6 Å². The van der Waals surface area contributed by atoms with E-state index in [-0.39, 0.29) is 85.6 Å². The first-order valence-corrected chi connectivity index (χ1v) is 13.4. The lowest BCUT2D eigenvalue weighted by Crippen LogP contribution is -2.55. The maximum absolute atomic E-state index is 13.0. The second-order valence-corrected chi connectivity index (χ2v) is 8.76. The lowest BCUT2D eigenvalue weighted by molar-refractivity contribution is 0.0901. The molecule has 1 aromatic rings. The number of hydrogen-bond acceptors (Lipinski definition) is 11. The molecule has 1 unspecified atom stereocenters. The number of nitrogens with one attached hydrogen (secondary N) is 2. The zero-order valence-corrected chi connectivity index (χ0v) is 23.3. The summed E-state index contributed by atoms with van der Waals surface area (Å²) >= 11 is 0. The molecule has 0 saturated carbocycles. The van der Waals surface area contributed by atoms with Crippen LogP contribution in [0, 0.1) is 5.92 Å². The molecule has 230 valence electrons. The maximum atomic E-state index is 13.0. The van der Waals surface area contributed by atoms with Crippen LogP contribution in [0.4, 0.5) is 9.59 Å². The minimum atomic E-state index is -0.920. The van der Waals surface area contributed by atoms with E-state index < -0.39 is 29.3 Å². The minimum Gasteiger partial charge on any atom is -0.448 e. The van der Waals surface area contributed by atoms with Gasteiger partial charge >= 0.3 is 29.3 Å².